The summed E-state index contributed by atoms with van der Waals surface area (Å²) in [6.07, 6.45) is 1.97. The third-order valence-corrected chi connectivity index (χ3v) is 6.30. The van der Waals surface area contributed by atoms with Crippen molar-refractivity contribution in [3.63, 3.8) is 0 Å². The maximum absolute atomic E-state index is 13.2. The quantitative estimate of drug-likeness (QED) is 0.336. The standard InChI is InChI=1S/C27H30N2O3S/c1-3-4-17-28-27(32)29(20(2)22-9-6-5-7-10-22)23-11-8-12-25(19-23)33-24-15-13-21(14-16-24)18-26(30)31/h5-16,19-20H,3-4,17-18H2,1-2H3,(H,28,32)(H,30,31). The first-order chi connectivity index (χ1) is 16.0. The molecule has 172 valence electrons. The van der Waals surface area contributed by atoms with Gasteiger partial charge in [0.05, 0.1) is 12.5 Å². The summed E-state index contributed by atoms with van der Waals surface area (Å²) in [5, 5.41) is 12.0. The second kappa shape index (κ2) is 12.1. The molecule has 0 saturated heterocycles. The predicted octanol–water partition coefficient (Wildman–Crippen LogP) is 6.54. The summed E-state index contributed by atoms with van der Waals surface area (Å²) < 4.78 is 0. The normalized spacial score (nSPS) is 11.6. The van der Waals surface area contributed by atoms with Gasteiger partial charge in [0.15, 0.2) is 0 Å². The van der Waals surface area contributed by atoms with Crippen molar-refractivity contribution in [1.82, 2.24) is 5.32 Å². The van der Waals surface area contributed by atoms with Gasteiger partial charge in [-0.25, -0.2) is 4.79 Å². The molecule has 0 aliphatic rings. The van der Waals surface area contributed by atoms with Crippen LogP contribution in [-0.4, -0.2) is 23.7 Å². The molecular formula is C27H30N2O3S. The number of nitrogens with zero attached hydrogens (tertiary/aromatic N) is 1. The Morgan fingerprint density at radius 2 is 1.70 bits per heavy atom. The third kappa shape index (κ3) is 7.12. The lowest BCUT2D eigenvalue weighted by Gasteiger charge is -2.30. The van der Waals surface area contributed by atoms with Crippen LogP contribution in [-0.2, 0) is 11.2 Å². The molecule has 3 rings (SSSR count). The number of unbranched alkanes of at least 4 members (excludes halogenated alkanes) is 1. The zero-order chi connectivity index (χ0) is 23.6. The van der Waals surface area contributed by atoms with Gasteiger partial charge >= 0.3 is 12.0 Å². The van der Waals surface area contributed by atoms with Crippen molar-refractivity contribution in [2.45, 2.75) is 48.9 Å². The Morgan fingerprint density at radius 1 is 0.970 bits per heavy atom. The number of aliphatic carboxylic acids is 1. The molecule has 2 N–H and O–H groups in total. The van der Waals surface area contributed by atoms with Crippen molar-refractivity contribution in [3.8, 4) is 0 Å². The molecule has 0 bridgehead atoms. The van der Waals surface area contributed by atoms with Crippen LogP contribution in [0.2, 0.25) is 0 Å². The van der Waals surface area contributed by atoms with Gasteiger partial charge in [-0.15, -0.1) is 0 Å². The molecule has 2 amide bonds. The van der Waals surface area contributed by atoms with E-state index in [4.69, 9.17) is 5.11 Å². The molecule has 0 aliphatic carbocycles. The highest BCUT2D eigenvalue weighted by Crippen LogP contribution is 2.33. The van der Waals surface area contributed by atoms with Crippen molar-refractivity contribution < 1.29 is 14.7 Å². The van der Waals surface area contributed by atoms with Crippen LogP contribution < -0.4 is 10.2 Å². The van der Waals surface area contributed by atoms with E-state index in [-0.39, 0.29) is 18.5 Å². The smallest absolute Gasteiger partial charge is 0.322 e. The number of amides is 2. The van der Waals surface area contributed by atoms with E-state index in [0.717, 1.165) is 39.4 Å². The van der Waals surface area contributed by atoms with Crippen LogP contribution in [0.5, 0.6) is 0 Å². The second-order valence-electron chi connectivity index (χ2n) is 7.86. The van der Waals surface area contributed by atoms with Crippen molar-refractivity contribution >= 4 is 29.4 Å². The molecule has 0 radical (unpaired) electrons. The largest absolute Gasteiger partial charge is 0.481 e. The summed E-state index contributed by atoms with van der Waals surface area (Å²) in [6.45, 7) is 4.78. The molecule has 0 saturated carbocycles. The SMILES string of the molecule is CCCCNC(=O)N(c1cccc(Sc2ccc(CC(=O)O)cc2)c1)C(C)c1ccccc1. The number of benzene rings is 3. The fraction of sp³-hybridized carbons (Fsp3) is 0.259. The topological polar surface area (TPSA) is 69.6 Å². The summed E-state index contributed by atoms with van der Waals surface area (Å²) in [5.41, 5.74) is 2.66. The van der Waals surface area contributed by atoms with Gasteiger partial charge in [-0.1, -0.05) is 73.6 Å². The van der Waals surface area contributed by atoms with Gasteiger partial charge in [0, 0.05) is 22.0 Å². The van der Waals surface area contributed by atoms with Crippen LogP contribution >= 0.6 is 11.8 Å². The van der Waals surface area contributed by atoms with Crippen LogP contribution in [0.4, 0.5) is 10.5 Å². The molecule has 0 heterocycles. The Bertz CT molecular complexity index is 1050. The first kappa shape index (κ1) is 24.4. The number of carboxylic acid groups (broad SMARTS) is 1. The number of hydrogen-bond acceptors (Lipinski definition) is 3. The van der Waals surface area contributed by atoms with E-state index in [1.807, 2.05) is 90.7 Å². The first-order valence-corrected chi connectivity index (χ1v) is 12.0. The average molecular weight is 463 g/mol. The summed E-state index contributed by atoms with van der Waals surface area (Å²) in [4.78, 5) is 27.9. The van der Waals surface area contributed by atoms with Gasteiger partial charge in [0.2, 0.25) is 0 Å². The molecule has 1 unspecified atom stereocenters. The Hall–Kier alpha value is -3.25. The minimum atomic E-state index is -0.840. The maximum atomic E-state index is 13.2. The van der Waals surface area contributed by atoms with Gasteiger partial charge in [-0.05, 0) is 54.8 Å². The Morgan fingerprint density at radius 3 is 2.36 bits per heavy atom. The molecule has 33 heavy (non-hydrogen) atoms. The summed E-state index contributed by atoms with van der Waals surface area (Å²) >= 11 is 1.58. The van der Waals surface area contributed by atoms with E-state index in [1.165, 1.54) is 0 Å². The minimum absolute atomic E-state index is 0.0138. The van der Waals surface area contributed by atoms with E-state index in [2.05, 4.69) is 12.2 Å². The summed E-state index contributed by atoms with van der Waals surface area (Å²) in [7, 11) is 0. The van der Waals surface area contributed by atoms with Crippen LogP contribution in [0.3, 0.4) is 0 Å². The van der Waals surface area contributed by atoms with Crippen LogP contribution in [0, 0.1) is 0 Å². The van der Waals surface area contributed by atoms with Crippen molar-refractivity contribution in [2.24, 2.45) is 0 Å². The molecule has 0 aromatic heterocycles. The zero-order valence-corrected chi connectivity index (χ0v) is 19.8. The molecule has 3 aromatic rings. The fourth-order valence-corrected chi connectivity index (χ4v) is 4.41. The molecular weight excluding hydrogens is 432 g/mol. The molecule has 5 nitrogen and oxygen atoms in total. The Kier molecular flexibility index (Phi) is 8.95. The molecule has 0 spiro atoms. The lowest BCUT2D eigenvalue weighted by molar-refractivity contribution is -0.136. The van der Waals surface area contributed by atoms with Crippen LogP contribution in [0.1, 0.15) is 43.9 Å². The lowest BCUT2D eigenvalue weighted by Crippen LogP contribution is -2.42. The predicted molar refractivity (Wildman–Crippen MR) is 134 cm³/mol. The van der Waals surface area contributed by atoms with Gasteiger partial charge in [0.1, 0.15) is 0 Å². The minimum Gasteiger partial charge on any atom is -0.481 e. The summed E-state index contributed by atoms with van der Waals surface area (Å²) in [6, 6.07) is 25.3. The molecule has 3 aromatic carbocycles. The van der Waals surface area contributed by atoms with E-state index in [1.54, 1.807) is 11.8 Å². The van der Waals surface area contributed by atoms with Crippen LogP contribution in [0.15, 0.2) is 88.7 Å². The number of hydrogen-bond donors (Lipinski definition) is 2. The van der Waals surface area contributed by atoms with Crippen molar-refractivity contribution in [3.05, 3.63) is 90.0 Å². The van der Waals surface area contributed by atoms with E-state index in [9.17, 15) is 9.59 Å². The van der Waals surface area contributed by atoms with E-state index >= 15 is 0 Å². The first-order valence-electron chi connectivity index (χ1n) is 11.2. The van der Waals surface area contributed by atoms with Gasteiger partial charge in [0.25, 0.3) is 0 Å². The number of anilines is 1. The number of nitrogens with one attached hydrogen (secondary N) is 1. The second-order valence-corrected chi connectivity index (χ2v) is 9.00. The molecule has 0 fully saturated rings. The average Bonchev–Trinajstić information content (AvgIpc) is 2.81. The number of carboxylic acids is 1. The third-order valence-electron chi connectivity index (χ3n) is 5.30. The fourth-order valence-electron chi connectivity index (χ4n) is 3.54. The maximum Gasteiger partial charge on any atom is 0.322 e. The lowest BCUT2D eigenvalue weighted by atomic mass is 10.1. The van der Waals surface area contributed by atoms with Gasteiger partial charge < -0.3 is 10.4 Å². The monoisotopic (exact) mass is 462 g/mol. The molecule has 0 aliphatic heterocycles. The highest BCUT2D eigenvalue weighted by atomic mass is 32.2. The van der Waals surface area contributed by atoms with Crippen molar-refractivity contribution in [1.29, 1.82) is 0 Å². The Balaban J connectivity index is 1.84. The van der Waals surface area contributed by atoms with E-state index < -0.39 is 5.97 Å². The number of rotatable bonds is 10. The summed E-state index contributed by atoms with van der Waals surface area (Å²) in [5.74, 6) is -0.840. The van der Waals surface area contributed by atoms with Gasteiger partial charge in [-0.3, -0.25) is 9.69 Å². The number of carbonyl (C=O) groups is 2. The van der Waals surface area contributed by atoms with Crippen LogP contribution in [0.25, 0.3) is 0 Å². The zero-order valence-electron chi connectivity index (χ0n) is 19.0. The molecule has 6 heteroatoms. The molecule has 1 atom stereocenters. The highest BCUT2D eigenvalue weighted by molar-refractivity contribution is 7.99. The number of carbonyl (C=O) groups excluding carboxylic acids is 1. The number of urea groups is 1. The Labute approximate surface area is 199 Å². The van der Waals surface area contributed by atoms with Gasteiger partial charge in [-0.2, -0.15) is 0 Å². The van der Waals surface area contributed by atoms with E-state index in [0.29, 0.717) is 6.54 Å². The van der Waals surface area contributed by atoms with Crippen molar-refractivity contribution in [2.75, 3.05) is 11.4 Å². The highest BCUT2D eigenvalue weighted by Gasteiger charge is 2.23.